The van der Waals surface area contributed by atoms with Gasteiger partial charge in [0.15, 0.2) is 0 Å². The van der Waals surface area contributed by atoms with E-state index in [9.17, 15) is 5.11 Å². The fourth-order valence-electron chi connectivity index (χ4n) is 2.04. The average Bonchev–Trinajstić information content (AvgIpc) is 3.02. The first-order valence-corrected chi connectivity index (χ1v) is 11.6. The molecule has 1 nitrogen and oxygen atoms in total. The molecule has 0 aromatic heterocycles. The normalized spacial score (nSPS) is 12.0. The Hall–Kier alpha value is -0.119. The molecule has 2 rings (SSSR count). The summed E-state index contributed by atoms with van der Waals surface area (Å²) in [5.41, 5.74) is 1.06. The van der Waals surface area contributed by atoms with Crippen LogP contribution >= 0.6 is 0 Å². The minimum Gasteiger partial charge on any atom is -1.00 e. The Morgan fingerprint density at radius 3 is 2.04 bits per heavy atom. The first-order valence-electron chi connectivity index (χ1n) is 7.54. The number of phenolic OH excluding ortho intramolecular Hbond substituents is 1. The number of hydrogen-bond acceptors (Lipinski definition) is 1. The van der Waals surface area contributed by atoms with Crippen LogP contribution in [0.2, 0.25) is 18.1 Å². The summed E-state index contributed by atoms with van der Waals surface area (Å²) in [7, 11) is -1.52. The Bertz CT molecular complexity index is 525. The Morgan fingerprint density at radius 1 is 1.17 bits per heavy atom. The number of phenols is 1. The molecule has 0 atom stereocenters. The van der Waals surface area contributed by atoms with E-state index in [1.54, 1.807) is 26.0 Å². The van der Waals surface area contributed by atoms with Gasteiger partial charge in [-0.1, -0.05) is 51.2 Å². The van der Waals surface area contributed by atoms with Gasteiger partial charge in [0.05, 0.1) is 8.07 Å². The zero-order chi connectivity index (χ0) is 17.4. The molecule has 1 aromatic rings. The van der Waals surface area contributed by atoms with Crippen LogP contribution in [0.25, 0.3) is 0 Å². The second-order valence-corrected chi connectivity index (χ2v) is 12.1. The second-order valence-electron chi connectivity index (χ2n) is 6.83. The molecular weight excluding hydrogens is 391 g/mol. The fraction of sp³-hybridized carbons (Fsp3) is 0.421. The standard InChI is InChI=1S/C13H22OSi.C5H5.CH2.2ClH.Ti/c1-10-11(14)8-7-9-12(10)15(5,6)13(2,3)4;1-2-4-5-3-1;;;;/h7-9,14H,1-6H3;1-3H,4H2;1H2;2*1H;/q;-1;;;;+1/p-2. The molecule has 0 heterocycles. The van der Waals surface area contributed by atoms with E-state index in [0.29, 0.717) is 10.8 Å². The van der Waals surface area contributed by atoms with Crippen LogP contribution in [-0.4, -0.2) is 18.0 Å². The van der Waals surface area contributed by atoms with E-state index in [1.807, 2.05) is 25.1 Å². The smallest absolute Gasteiger partial charge is 1.00 e. The molecule has 0 spiro atoms. The van der Waals surface area contributed by atoms with Crippen molar-refractivity contribution >= 4 is 18.1 Å². The van der Waals surface area contributed by atoms with Gasteiger partial charge in [-0.05, 0) is 23.6 Å². The Labute approximate surface area is 173 Å². The van der Waals surface area contributed by atoms with Gasteiger partial charge in [0.1, 0.15) is 5.75 Å². The van der Waals surface area contributed by atoms with Gasteiger partial charge < -0.3 is 29.9 Å². The van der Waals surface area contributed by atoms with Gasteiger partial charge in [-0.3, -0.25) is 6.08 Å². The van der Waals surface area contributed by atoms with Crippen molar-refractivity contribution in [1.82, 2.24) is 0 Å². The van der Waals surface area contributed by atoms with Crippen molar-refractivity contribution < 1.29 is 49.9 Å². The predicted molar refractivity (Wildman–Crippen MR) is 98.4 cm³/mol. The van der Waals surface area contributed by atoms with Crippen LogP contribution in [0.1, 0.15) is 32.8 Å². The summed E-state index contributed by atoms with van der Waals surface area (Å²) >= 11 is 1.75. The first kappa shape index (κ1) is 28.7. The summed E-state index contributed by atoms with van der Waals surface area (Å²) < 4.78 is 0. The van der Waals surface area contributed by atoms with Crippen LogP contribution < -0.4 is 30.0 Å². The van der Waals surface area contributed by atoms with Crippen molar-refractivity contribution in [3.8, 4) is 5.75 Å². The minimum absolute atomic E-state index is 0. The summed E-state index contributed by atoms with van der Waals surface area (Å²) in [6.07, 6.45) is 10.0. The zero-order valence-corrected chi connectivity index (χ0v) is 19.7. The van der Waals surface area contributed by atoms with Gasteiger partial charge in [-0.2, -0.15) is 6.08 Å². The molecule has 0 saturated carbocycles. The van der Waals surface area contributed by atoms with Crippen LogP contribution in [0.3, 0.4) is 0 Å². The van der Waals surface area contributed by atoms with E-state index in [2.05, 4.69) is 56.9 Å². The maximum Gasteiger partial charge on any atom is -1.00 e. The molecule has 1 aliphatic carbocycles. The number of allylic oxidation sites excluding steroid dienone is 4. The molecule has 0 unspecified atom stereocenters. The zero-order valence-electron chi connectivity index (χ0n) is 15.6. The van der Waals surface area contributed by atoms with Crippen molar-refractivity contribution in [2.45, 2.75) is 52.2 Å². The Morgan fingerprint density at radius 2 is 1.71 bits per heavy atom. The van der Waals surface area contributed by atoms with E-state index in [0.717, 1.165) is 12.0 Å². The number of rotatable bonds is 1. The van der Waals surface area contributed by atoms with Crippen molar-refractivity contribution in [2.24, 2.45) is 0 Å². The molecule has 135 valence electrons. The van der Waals surface area contributed by atoms with Gasteiger partial charge >= 0.3 is 24.8 Å². The van der Waals surface area contributed by atoms with E-state index in [1.165, 1.54) is 5.19 Å². The summed E-state index contributed by atoms with van der Waals surface area (Å²) in [6, 6.07) is 5.90. The van der Waals surface area contributed by atoms with Gasteiger partial charge in [0, 0.05) is 0 Å². The summed E-state index contributed by atoms with van der Waals surface area (Å²) in [5.74, 6) is 0.428. The van der Waals surface area contributed by atoms with Crippen LogP contribution in [-0.2, 0) is 20.0 Å². The predicted octanol–water partition coefficient (Wildman–Crippen LogP) is -1.30. The third kappa shape index (κ3) is 8.31. The molecule has 0 amide bonds. The molecule has 1 aliphatic rings. The van der Waals surface area contributed by atoms with Gasteiger partial charge in [0.2, 0.25) is 0 Å². The Kier molecular flexibility index (Phi) is 15.7. The molecule has 24 heavy (non-hydrogen) atoms. The second kappa shape index (κ2) is 13.1. The summed E-state index contributed by atoms with van der Waals surface area (Å²) in [6.45, 7) is 13.6. The largest absolute Gasteiger partial charge is 1.00 e. The Balaban J connectivity index is -0.000000415. The summed E-state index contributed by atoms with van der Waals surface area (Å²) in [5, 5.41) is 11.4. The SMILES string of the molecule is Cc1c(O)cccc1[Si](C)(C)C(C)(C)C.[C-]1=CC=CC1.[CH2]=[Ti+].[Cl-].[Cl-]. The topological polar surface area (TPSA) is 20.2 Å². The number of halogens is 2. The molecule has 0 aliphatic heterocycles. The molecule has 5 heteroatoms. The first-order chi connectivity index (χ1) is 10.2. The third-order valence-corrected chi connectivity index (χ3v) is 10.1. The average molecular weight is 420 g/mol. The monoisotopic (exact) mass is 419 g/mol. The van der Waals surface area contributed by atoms with E-state index < -0.39 is 8.07 Å². The minimum atomic E-state index is -1.52. The van der Waals surface area contributed by atoms with Crippen molar-refractivity contribution in [1.29, 1.82) is 0 Å². The van der Waals surface area contributed by atoms with Gasteiger partial charge in [-0.15, -0.1) is 6.42 Å². The maximum absolute atomic E-state index is 9.75. The maximum atomic E-state index is 9.75. The third-order valence-electron chi connectivity index (χ3n) is 4.44. The van der Waals surface area contributed by atoms with E-state index in [4.69, 9.17) is 0 Å². The number of aromatic hydroxyl groups is 1. The van der Waals surface area contributed by atoms with Crippen molar-refractivity contribution in [3.63, 3.8) is 0 Å². The molecule has 0 bridgehead atoms. The van der Waals surface area contributed by atoms with Crippen LogP contribution in [0.5, 0.6) is 5.75 Å². The van der Waals surface area contributed by atoms with Crippen molar-refractivity contribution in [3.05, 3.63) is 48.1 Å². The van der Waals surface area contributed by atoms with E-state index in [-0.39, 0.29) is 24.8 Å². The number of benzene rings is 1. The summed E-state index contributed by atoms with van der Waals surface area (Å²) in [4.78, 5) is 3.25. The van der Waals surface area contributed by atoms with Crippen molar-refractivity contribution in [2.75, 3.05) is 0 Å². The quantitative estimate of drug-likeness (QED) is 0.443. The van der Waals surface area contributed by atoms with Gasteiger partial charge in [-0.25, -0.2) is 12.2 Å². The fourth-order valence-corrected chi connectivity index (χ4v) is 4.43. The molecule has 0 fully saturated rings. The van der Waals surface area contributed by atoms with E-state index >= 15 is 0 Å². The molecule has 0 saturated heterocycles. The molecular formula is C19H29Cl2OSiTi-2. The number of hydrogen-bond donors (Lipinski definition) is 1. The molecule has 1 aromatic carbocycles. The molecule has 0 radical (unpaired) electrons. The van der Waals surface area contributed by atoms with Crippen LogP contribution in [0, 0.1) is 13.0 Å². The van der Waals surface area contributed by atoms with Gasteiger partial charge in [0.25, 0.3) is 0 Å². The molecule has 1 N–H and O–H groups in total. The van der Waals surface area contributed by atoms with Crippen LogP contribution in [0.15, 0.2) is 36.4 Å². The van der Waals surface area contributed by atoms with Crippen LogP contribution in [0.4, 0.5) is 0 Å².